The number of nitrogens with one attached hydrogen (secondary N) is 2. The van der Waals surface area contributed by atoms with E-state index in [-0.39, 0.29) is 11.1 Å². The Bertz CT molecular complexity index is 1370. The maximum Gasteiger partial charge on any atom is 0.209 e. The number of hydrogen-bond acceptors (Lipinski definition) is 5. The summed E-state index contributed by atoms with van der Waals surface area (Å²) in [5.74, 6) is 0. The largest absolute Gasteiger partial charge is 0.353 e. The number of halogens is 1. The van der Waals surface area contributed by atoms with Gasteiger partial charge in [-0.25, -0.2) is 9.36 Å². The molecule has 2 aromatic heterocycles. The minimum absolute atomic E-state index is 0.212. The second-order valence-electron chi connectivity index (χ2n) is 7.23. The zero-order valence-electron chi connectivity index (χ0n) is 17.6. The molecule has 0 unspecified atom stereocenters. The summed E-state index contributed by atoms with van der Waals surface area (Å²) in [6, 6.07) is 16.4. The van der Waals surface area contributed by atoms with Crippen LogP contribution in [0.3, 0.4) is 0 Å². The van der Waals surface area contributed by atoms with Crippen LogP contribution < -0.4 is 10.7 Å². The van der Waals surface area contributed by atoms with E-state index in [4.69, 9.17) is 17.0 Å². The molecule has 0 radical (unpaired) electrons. The molecule has 0 fully saturated rings. The van der Waals surface area contributed by atoms with Gasteiger partial charge in [-0.15, -0.1) is 0 Å². The van der Waals surface area contributed by atoms with Crippen LogP contribution in [-0.2, 0) is 0 Å². The normalized spacial score (nSPS) is 11.7. The summed E-state index contributed by atoms with van der Waals surface area (Å²) >= 11 is 6.10. The van der Waals surface area contributed by atoms with Gasteiger partial charge in [0, 0.05) is 41.6 Å². The Balaban J connectivity index is 1.77. The summed E-state index contributed by atoms with van der Waals surface area (Å²) in [4.78, 5) is 12.8. The highest BCUT2D eigenvalue weighted by Crippen LogP contribution is 2.22. The Morgan fingerprint density at radius 3 is 2.62 bits per heavy atom. The van der Waals surface area contributed by atoms with Crippen LogP contribution in [0.2, 0.25) is 5.02 Å². The first-order chi connectivity index (χ1) is 15.5. The molecule has 0 aliphatic rings. The van der Waals surface area contributed by atoms with Crippen molar-refractivity contribution in [3.8, 4) is 11.4 Å². The number of nitrogens with zero attached hydrogens (tertiary/aromatic N) is 4. The second kappa shape index (κ2) is 9.03. The third-order valence-electron chi connectivity index (χ3n) is 4.95. The Kier molecular flexibility index (Phi) is 6.00. The van der Waals surface area contributed by atoms with Crippen LogP contribution in [0.25, 0.3) is 17.1 Å². The molecule has 0 saturated carbocycles. The fourth-order valence-electron chi connectivity index (χ4n) is 3.30. The first-order valence-electron chi connectivity index (χ1n) is 9.91. The van der Waals surface area contributed by atoms with E-state index >= 15 is 0 Å². The van der Waals surface area contributed by atoms with Gasteiger partial charge in [-0.3, -0.25) is 4.79 Å². The van der Waals surface area contributed by atoms with Gasteiger partial charge in [0.05, 0.1) is 17.1 Å². The van der Waals surface area contributed by atoms with E-state index in [1.807, 2.05) is 49.5 Å². The molecule has 8 heteroatoms. The van der Waals surface area contributed by atoms with Crippen molar-refractivity contribution >= 4 is 29.2 Å². The van der Waals surface area contributed by atoms with Crippen molar-refractivity contribution in [1.82, 2.24) is 19.6 Å². The third-order valence-corrected chi connectivity index (χ3v) is 5.18. The first-order valence-corrected chi connectivity index (χ1v) is 10.3. The molecular formula is C24H21ClN6O. The lowest BCUT2D eigenvalue weighted by Crippen LogP contribution is -2.19. The van der Waals surface area contributed by atoms with Crippen molar-refractivity contribution in [3.05, 3.63) is 105 Å². The van der Waals surface area contributed by atoms with Crippen LogP contribution in [0.15, 0.2) is 83.6 Å². The highest BCUT2D eigenvalue weighted by atomic mass is 35.5. The Hall–Kier alpha value is -3.97. The number of hydrogen-bond donors (Lipinski definition) is 2. The monoisotopic (exact) mass is 444 g/mol. The van der Waals surface area contributed by atoms with Crippen molar-refractivity contribution < 1.29 is 0 Å². The lowest BCUT2D eigenvalue weighted by atomic mass is 10.1. The van der Waals surface area contributed by atoms with Gasteiger partial charge in [0.15, 0.2) is 5.69 Å². The molecule has 2 heterocycles. The summed E-state index contributed by atoms with van der Waals surface area (Å²) in [6.07, 6.45) is 6.43. The van der Waals surface area contributed by atoms with Gasteiger partial charge < -0.3 is 10.7 Å². The van der Waals surface area contributed by atoms with Gasteiger partial charge in [0.1, 0.15) is 0 Å². The van der Waals surface area contributed by atoms with Crippen LogP contribution in [0.5, 0.6) is 0 Å². The van der Waals surface area contributed by atoms with E-state index in [9.17, 15) is 4.79 Å². The average molecular weight is 445 g/mol. The molecule has 7 nitrogen and oxygen atoms in total. The molecule has 2 N–H and O–H groups in total. The third kappa shape index (κ3) is 4.38. The van der Waals surface area contributed by atoms with Crippen molar-refractivity contribution in [2.75, 3.05) is 5.32 Å². The summed E-state index contributed by atoms with van der Waals surface area (Å²) < 4.78 is 3.44. The van der Waals surface area contributed by atoms with Gasteiger partial charge in [-0.1, -0.05) is 17.7 Å². The molecule has 0 amide bonds. The summed E-state index contributed by atoms with van der Waals surface area (Å²) in [5, 5.41) is 20.4. The standard InChI is InChI=1S/C24H21ClN6O/c1-16-13-20(30-11-4-10-27-30)7-8-21(16)31-12-9-22(32)24(29-31)23(17(2)15-26)28-19-6-3-5-18(25)14-19/h3-15,26,28H,1-2H3/b23-17-,26-15?. The molecular weight excluding hydrogens is 424 g/mol. The van der Waals surface area contributed by atoms with E-state index in [0.717, 1.165) is 16.9 Å². The van der Waals surface area contributed by atoms with Gasteiger partial charge >= 0.3 is 0 Å². The number of allylic oxidation sites excluding steroid dienone is 1. The lowest BCUT2D eigenvalue weighted by molar-refractivity contribution is 0.815. The second-order valence-corrected chi connectivity index (χ2v) is 7.67. The Morgan fingerprint density at radius 2 is 1.94 bits per heavy atom. The van der Waals surface area contributed by atoms with E-state index in [1.165, 1.54) is 12.3 Å². The van der Waals surface area contributed by atoms with Crippen LogP contribution in [0, 0.1) is 12.3 Å². The molecule has 2 aromatic carbocycles. The highest BCUT2D eigenvalue weighted by molar-refractivity contribution is 6.30. The fourth-order valence-corrected chi connectivity index (χ4v) is 3.49. The fraction of sp³-hybridized carbons (Fsp3) is 0.0833. The minimum atomic E-state index is -0.252. The summed E-state index contributed by atoms with van der Waals surface area (Å²) in [5.41, 5.74) is 4.41. The molecule has 0 spiro atoms. The zero-order chi connectivity index (χ0) is 22.7. The maximum absolute atomic E-state index is 12.8. The first kappa shape index (κ1) is 21.3. The average Bonchev–Trinajstić information content (AvgIpc) is 3.33. The SMILES string of the molecule is C/C(C=N)=C(/Nc1cccc(Cl)c1)c1nn(-c2ccc(-n3cccn3)cc2C)ccc1=O. The van der Waals surface area contributed by atoms with Crippen molar-refractivity contribution in [3.63, 3.8) is 0 Å². The summed E-state index contributed by atoms with van der Waals surface area (Å²) in [7, 11) is 0. The summed E-state index contributed by atoms with van der Waals surface area (Å²) in [6.45, 7) is 3.73. The molecule has 4 rings (SSSR count). The molecule has 160 valence electrons. The molecule has 0 saturated heterocycles. The Labute approximate surface area is 190 Å². The molecule has 0 atom stereocenters. The van der Waals surface area contributed by atoms with Crippen LogP contribution >= 0.6 is 11.6 Å². The number of aromatic nitrogens is 4. The number of benzene rings is 2. The van der Waals surface area contributed by atoms with Gasteiger partial charge in [0.2, 0.25) is 5.43 Å². The van der Waals surface area contributed by atoms with E-state index in [2.05, 4.69) is 15.5 Å². The predicted molar refractivity (Wildman–Crippen MR) is 128 cm³/mol. The maximum atomic E-state index is 12.8. The molecule has 4 aromatic rings. The number of rotatable bonds is 6. The van der Waals surface area contributed by atoms with Crippen molar-refractivity contribution in [1.29, 1.82) is 5.41 Å². The quantitative estimate of drug-likeness (QED) is 0.415. The molecule has 0 aliphatic carbocycles. The van der Waals surface area contributed by atoms with Crippen LogP contribution in [0.4, 0.5) is 5.69 Å². The smallest absolute Gasteiger partial charge is 0.209 e. The lowest BCUT2D eigenvalue weighted by Gasteiger charge is -2.15. The van der Waals surface area contributed by atoms with Crippen LogP contribution in [0.1, 0.15) is 18.2 Å². The van der Waals surface area contributed by atoms with Gasteiger partial charge in [-0.05, 0) is 67.4 Å². The molecule has 32 heavy (non-hydrogen) atoms. The molecule has 0 aliphatic heterocycles. The van der Waals surface area contributed by atoms with E-state index < -0.39 is 0 Å². The van der Waals surface area contributed by atoms with Crippen LogP contribution in [-0.4, -0.2) is 25.8 Å². The molecule has 0 bridgehead atoms. The highest BCUT2D eigenvalue weighted by Gasteiger charge is 2.14. The van der Waals surface area contributed by atoms with Gasteiger partial charge in [0.25, 0.3) is 0 Å². The number of anilines is 1. The topological polar surface area (TPSA) is 88.6 Å². The zero-order valence-corrected chi connectivity index (χ0v) is 18.3. The minimum Gasteiger partial charge on any atom is -0.353 e. The number of aryl methyl sites for hydroxylation is 1. The Morgan fingerprint density at radius 1 is 1.09 bits per heavy atom. The van der Waals surface area contributed by atoms with E-state index in [1.54, 1.807) is 40.8 Å². The van der Waals surface area contributed by atoms with E-state index in [0.29, 0.717) is 22.0 Å². The van der Waals surface area contributed by atoms with Gasteiger partial charge in [-0.2, -0.15) is 10.2 Å². The van der Waals surface area contributed by atoms with Crippen molar-refractivity contribution in [2.24, 2.45) is 0 Å². The predicted octanol–water partition coefficient (Wildman–Crippen LogP) is 4.87. The van der Waals surface area contributed by atoms with Crippen molar-refractivity contribution in [2.45, 2.75) is 13.8 Å².